The summed E-state index contributed by atoms with van der Waals surface area (Å²) in [7, 11) is 0. The number of nitriles is 1. The van der Waals surface area contributed by atoms with Crippen molar-refractivity contribution >= 4 is 0 Å². The van der Waals surface area contributed by atoms with Gasteiger partial charge >= 0.3 is 0 Å². The number of hydrogen-bond acceptors (Lipinski definition) is 4. The molecule has 0 amide bonds. The molecule has 1 N–H and O–H groups in total. The maximum Gasteiger partial charge on any atom is 0.128 e. The van der Waals surface area contributed by atoms with Crippen LogP contribution in [0.5, 0.6) is 5.75 Å². The maximum absolute atomic E-state index is 9.77. The van der Waals surface area contributed by atoms with E-state index in [-0.39, 0.29) is 6.10 Å². The van der Waals surface area contributed by atoms with Gasteiger partial charge in [0.05, 0.1) is 17.7 Å². The topological polar surface area (TPSA) is 66.1 Å². The molecule has 0 bridgehead atoms. The molecule has 3 aromatic rings. The molecular weight excluding hydrogens is 324 g/mol. The van der Waals surface area contributed by atoms with Crippen LogP contribution in [-0.4, -0.2) is 16.2 Å². The zero-order chi connectivity index (χ0) is 18.4. The molecule has 1 aromatic heterocycles. The number of pyridine rings is 1. The molecule has 0 radical (unpaired) electrons. The molecule has 0 aliphatic heterocycles. The zero-order valence-corrected chi connectivity index (χ0v) is 14.5. The van der Waals surface area contributed by atoms with Crippen LogP contribution in [0.15, 0.2) is 73.1 Å². The normalized spacial score (nSPS) is 12.8. The standard InChI is InChI=1S/C22H20N2O2/c1-16(25)13-22(20-3-2-12-24-15-20)26-21-10-8-19(9-11-21)18-6-4-17(14-23)5-7-18/h2-12,15-16,22,25H,13H2,1H3. The summed E-state index contributed by atoms with van der Waals surface area (Å²) < 4.78 is 6.10. The lowest BCUT2D eigenvalue weighted by molar-refractivity contribution is 0.106. The Labute approximate surface area is 153 Å². The predicted octanol–water partition coefficient (Wildman–Crippen LogP) is 4.51. The molecule has 2 atom stereocenters. The molecule has 0 saturated carbocycles. The van der Waals surface area contributed by atoms with Crippen molar-refractivity contribution in [2.24, 2.45) is 0 Å². The van der Waals surface area contributed by atoms with Gasteiger partial charge in [-0.1, -0.05) is 30.3 Å². The molecule has 0 saturated heterocycles. The Morgan fingerprint density at radius 2 is 1.69 bits per heavy atom. The van der Waals surface area contributed by atoms with E-state index in [0.29, 0.717) is 12.0 Å². The average molecular weight is 344 g/mol. The molecular formula is C22H20N2O2. The largest absolute Gasteiger partial charge is 0.486 e. The summed E-state index contributed by atoms with van der Waals surface area (Å²) in [5, 5.41) is 18.7. The second-order valence-corrected chi connectivity index (χ2v) is 6.19. The molecule has 130 valence electrons. The van der Waals surface area contributed by atoms with E-state index in [1.165, 1.54) is 0 Å². The lowest BCUT2D eigenvalue weighted by Crippen LogP contribution is -2.14. The van der Waals surface area contributed by atoms with Gasteiger partial charge in [-0.25, -0.2) is 0 Å². The van der Waals surface area contributed by atoms with Crippen LogP contribution in [0.1, 0.15) is 30.6 Å². The van der Waals surface area contributed by atoms with Gasteiger partial charge in [0.2, 0.25) is 0 Å². The molecule has 0 aliphatic carbocycles. The van der Waals surface area contributed by atoms with Crippen molar-refractivity contribution in [2.45, 2.75) is 25.6 Å². The third-order valence-electron chi connectivity index (χ3n) is 4.09. The number of benzene rings is 2. The maximum atomic E-state index is 9.77. The first kappa shape index (κ1) is 17.7. The highest BCUT2D eigenvalue weighted by Gasteiger charge is 2.16. The number of nitrogens with zero attached hydrogens (tertiary/aromatic N) is 2. The van der Waals surface area contributed by atoms with Crippen LogP contribution in [0.4, 0.5) is 0 Å². The fraction of sp³-hybridized carbons (Fsp3) is 0.182. The van der Waals surface area contributed by atoms with E-state index in [4.69, 9.17) is 10.00 Å². The van der Waals surface area contributed by atoms with Crippen molar-refractivity contribution in [1.29, 1.82) is 5.26 Å². The molecule has 4 heteroatoms. The van der Waals surface area contributed by atoms with Gasteiger partial charge in [0.1, 0.15) is 11.9 Å². The smallest absolute Gasteiger partial charge is 0.128 e. The van der Waals surface area contributed by atoms with Crippen molar-refractivity contribution in [3.05, 3.63) is 84.2 Å². The van der Waals surface area contributed by atoms with Crippen LogP contribution in [-0.2, 0) is 0 Å². The minimum absolute atomic E-state index is 0.260. The van der Waals surface area contributed by atoms with Gasteiger partial charge < -0.3 is 9.84 Å². The fourth-order valence-corrected chi connectivity index (χ4v) is 2.76. The Kier molecular flexibility index (Phi) is 5.62. The summed E-state index contributed by atoms with van der Waals surface area (Å²) in [6.07, 6.45) is 3.24. The summed E-state index contributed by atoms with van der Waals surface area (Å²) >= 11 is 0. The predicted molar refractivity (Wildman–Crippen MR) is 100 cm³/mol. The molecule has 1 heterocycles. The minimum Gasteiger partial charge on any atom is -0.486 e. The van der Waals surface area contributed by atoms with Gasteiger partial charge in [0, 0.05) is 24.4 Å². The van der Waals surface area contributed by atoms with Crippen LogP contribution in [0.25, 0.3) is 11.1 Å². The highest BCUT2D eigenvalue weighted by atomic mass is 16.5. The third kappa shape index (κ3) is 4.47. The summed E-state index contributed by atoms with van der Waals surface area (Å²) in [6.45, 7) is 1.75. The number of ether oxygens (including phenoxy) is 1. The molecule has 0 fully saturated rings. The lowest BCUT2D eigenvalue weighted by atomic mass is 10.0. The fourth-order valence-electron chi connectivity index (χ4n) is 2.76. The Morgan fingerprint density at radius 1 is 1.04 bits per heavy atom. The molecule has 2 unspecified atom stereocenters. The average Bonchev–Trinajstić information content (AvgIpc) is 2.68. The Bertz CT molecular complexity index is 867. The third-order valence-corrected chi connectivity index (χ3v) is 4.09. The first-order valence-electron chi connectivity index (χ1n) is 8.51. The Balaban J connectivity index is 1.77. The van der Waals surface area contributed by atoms with Gasteiger partial charge in [-0.3, -0.25) is 4.98 Å². The van der Waals surface area contributed by atoms with E-state index < -0.39 is 6.10 Å². The van der Waals surface area contributed by atoms with Crippen molar-refractivity contribution < 1.29 is 9.84 Å². The molecule has 2 aromatic carbocycles. The summed E-state index contributed by atoms with van der Waals surface area (Å²) in [4.78, 5) is 4.14. The van der Waals surface area contributed by atoms with E-state index in [1.807, 2.05) is 48.5 Å². The van der Waals surface area contributed by atoms with Crippen molar-refractivity contribution in [3.8, 4) is 22.9 Å². The van der Waals surface area contributed by atoms with Gasteiger partial charge in [-0.2, -0.15) is 5.26 Å². The van der Waals surface area contributed by atoms with Crippen molar-refractivity contribution in [2.75, 3.05) is 0 Å². The van der Waals surface area contributed by atoms with E-state index in [1.54, 1.807) is 31.5 Å². The number of hydrogen-bond donors (Lipinski definition) is 1. The number of aromatic nitrogens is 1. The van der Waals surface area contributed by atoms with Crippen LogP contribution in [0.2, 0.25) is 0 Å². The van der Waals surface area contributed by atoms with Crippen molar-refractivity contribution in [3.63, 3.8) is 0 Å². The van der Waals surface area contributed by atoms with Gasteiger partial charge in [0.15, 0.2) is 0 Å². The summed E-state index contributed by atoms with van der Waals surface area (Å²) in [5.74, 6) is 0.733. The lowest BCUT2D eigenvalue weighted by Gasteiger charge is -2.21. The highest BCUT2D eigenvalue weighted by Crippen LogP contribution is 2.28. The summed E-state index contributed by atoms with van der Waals surface area (Å²) in [5.41, 5.74) is 3.68. The van der Waals surface area contributed by atoms with Crippen LogP contribution < -0.4 is 4.74 Å². The molecule has 3 rings (SSSR count). The first-order chi connectivity index (χ1) is 12.7. The van der Waals surface area contributed by atoms with Gasteiger partial charge in [-0.05, 0) is 48.4 Å². The van der Waals surface area contributed by atoms with Crippen LogP contribution in [0, 0.1) is 11.3 Å². The second kappa shape index (κ2) is 8.28. The molecule has 0 spiro atoms. The van der Waals surface area contributed by atoms with E-state index in [9.17, 15) is 5.11 Å². The quantitative estimate of drug-likeness (QED) is 0.714. The summed E-state index contributed by atoms with van der Waals surface area (Å²) in [6, 6.07) is 21.2. The number of aliphatic hydroxyl groups is 1. The Hall–Kier alpha value is -3.16. The molecule has 0 aliphatic rings. The van der Waals surface area contributed by atoms with E-state index in [0.717, 1.165) is 22.4 Å². The molecule has 26 heavy (non-hydrogen) atoms. The SMILES string of the molecule is CC(O)CC(Oc1ccc(-c2ccc(C#N)cc2)cc1)c1cccnc1. The van der Waals surface area contributed by atoms with Crippen LogP contribution >= 0.6 is 0 Å². The highest BCUT2D eigenvalue weighted by molar-refractivity contribution is 5.64. The minimum atomic E-state index is -0.474. The van der Waals surface area contributed by atoms with Crippen molar-refractivity contribution in [1.82, 2.24) is 4.98 Å². The monoisotopic (exact) mass is 344 g/mol. The van der Waals surface area contributed by atoms with E-state index >= 15 is 0 Å². The number of aliphatic hydroxyl groups excluding tert-OH is 1. The van der Waals surface area contributed by atoms with Crippen LogP contribution in [0.3, 0.4) is 0 Å². The first-order valence-corrected chi connectivity index (χ1v) is 8.51. The second-order valence-electron chi connectivity index (χ2n) is 6.19. The Morgan fingerprint density at radius 3 is 2.23 bits per heavy atom. The van der Waals surface area contributed by atoms with Gasteiger partial charge in [-0.15, -0.1) is 0 Å². The van der Waals surface area contributed by atoms with E-state index in [2.05, 4.69) is 11.1 Å². The number of rotatable bonds is 6. The zero-order valence-electron chi connectivity index (χ0n) is 14.5. The van der Waals surface area contributed by atoms with Gasteiger partial charge in [0.25, 0.3) is 0 Å². The molecule has 4 nitrogen and oxygen atoms in total.